The quantitative estimate of drug-likeness (QED) is 0.669. The first-order chi connectivity index (χ1) is 8.87. The summed E-state index contributed by atoms with van der Waals surface area (Å²) in [5, 5.41) is 3.23. The van der Waals surface area contributed by atoms with Gasteiger partial charge in [0.15, 0.2) is 0 Å². The van der Waals surface area contributed by atoms with Gasteiger partial charge in [0.25, 0.3) is 0 Å². The van der Waals surface area contributed by atoms with Crippen LogP contribution in [-0.4, -0.2) is 23.2 Å². The highest BCUT2D eigenvalue weighted by Gasteiger charge is 2.15. The van der Waals surface area contributed by atoms with E-state index in [9.17, 15) is 4.79 Å². The Balaban J connectivity index is 2.30. The van der Waals surface area contributed by atoms with Gasteiger partial charge in [-0.1, -0.05) is 17.5 Å². The van der Waals surface area contributed by atoms with Crippen molar-refractivity contribution in [1.29, 1.82) is 0 Å². The molecule has 1 heterocycles. The van der Waals surface area contributed by atoms with Crippen molar-refractivity contribution < 1.29 is 9.53 Å². The van der Waals surface area contributed by atoms with Gasteiger partial charge in [0, 0.05) is 24.2 Å². The Labute approximate surface area is 118 Å². The van der Waals surface area contributed by atoms with Crippen molar-refractivity contribution in [3.63, 3.8) is 0 Å². The smallest absolute Gasteiger partial charge is 0.407 e. The largest absolute Gasteiger partial charge is 0.444 e. The molecule has 0 aliphatic rings. The summed E-state index contributed by atoms with van der Waals surface area (Å²) in [4.78, 5) is 15.4. The number of pyridine rings is 1. The molecule has 0 fully saturated rings. The highest BCUT2D eigenvalue weighted by Crippen LogP contribution is 2.07. The van der Waals surface area contributed by atoms with Crippen molar-refractivity contribution in [2.75, 3.05) is 6.54 Å². The molecule has 0 bridgehead atoms. The van der Waals surface area contributed by atoms with Crippen LogP contribution in [0, 0.1) is 11.8 Å². The van der Waals surface area contributed by atoms with Crippen LogP contribution in [0.25, 0.3) is 0 Å². The van der Waals surface area contributed by atoms with E-state index >= 15 is 0 Å². The van der Waals surface area contributed by atoms with Crippen LogP contribution in [-0.2, 0) is 4.74 Å². The first kappa shape index (κ1) is 15.3. The maximum absolute atomic E-state index is 11.3. The fraction of sp³-hybridized carbons (Fsp3) is 0.429. The Morgan fingerprint density at radius 1 is 1.53 bits per heavy atom. The summed E-state index contributed by atoms with van der Waals surface area (Å²) in [6.07, 6.45) is 1.69. The first-order valence-corrected chi connectivity index (χ1v) is 6.32. The summed E-state index contributed by atoms with van der Waals surface area (Å²) in [5.41, 5.74) is 0.130. The van der Waals surface area contributed by atoms with Gasteiger partial charge in [0.1, 0.15) is 11.3 Å². The molecule has 0 unspecified atom stereocenters. The van der Waals surface area contributed by atoms with Gasteiger partial charge in [-0.05, 0) is 38.8 Å². The van der Waals surface area contributed by atoms with E-state index in [1.54, 1.807) is 18.3 Å². The van der Waals surface area contributed by atoms with Gasteiger partial charge in [-0.2, -0.15) is 0 Å². The average Bonchev–Trinajstić information content (AvgIpc) is 2.26. The number of alkyl carbamates (subject to hydrolysis) is 1. The van der Waals surface area contributed by atoms with Crippen LogP contribution in [0.4, 0.5) is 4.79 Å². The standard InChI is InChI=1S/C14H17ClN2O2/c1-14(2,3)19-13(18)17-8-5-4-6-12-10-11(15)7-9-16-12/h7,9-10H,5,8H2,1-3H3,(H,17,18). The average molecular weight is 281 g/mol. The Hall–Kier alpha value is -1.73. The van der Waals surface area contributed by atoms with E-state index in [1.807, 2.05) is 20.8 Å². The maximum atomic E-state index is 11.3. The van der Waals surface area contributed by atoms with Crippen molar-refractivity contribution in [3.8, 4) is 11.8 Å². The van der Waals surface area contributed by atoms with E-state index in [1.165, 1.54) is 0 Å². The summed E-state index contributed by atoms with van der Waals surface area (Å²) in [7, 11) is 0. The van der Waals surface area contributed by atoms with Crippen LogP contribution in [0.3, 0.4) is 0 Å². The number of halogens is 1. The van der Waals surface area contributed by atoms with Gasteiger partial charge >= 0.3 is 6.09 Å². The number of ether oxygens (including phenoxy) is 1. The second-order valence-corrected chi connectivity index (χ2v) is 5.28. The van der Waals surface area contributed by atoms with Crippen molar-refractivity contribution in [3.05, 3.63) is 29.0 Å². The predicted molar refractivity (Wildman–Crippen MR) is 75.0 cm³/mol. The number of nitrogens with zero attached hydrogens (tertiary/aromatic N) is 1. The highest BCUT2D eigenvalue weighted by molar-refractivity contribution is 6.30. The lowest BCUT2D eigenvalue weighted by molar-refractivity contribution is 0.0529. The molecular formula is C14H17ClN2O2. The fourth-order valence-electron chi connectivity index (χ4n) is 1.17. The van der Waals surface area contributed by atoms with Crippen LogP contribution < -0.4 is 5.32 Å². The summed E-state index contributed by atoms with van der Waals surface area (Å²) in [6, 6.07) is 3.38. The molecule has 102 valence electrons. The molecule has 1 amide bonds. The van der Waals surface area contributed by atoms with Gasteiger partial charge in [-0.25, -0.2) is 9.78 Å². The molecule has 0 spiro atoms. The normalized spacial score (nSPS) is 10.3. The van der Waals surface area contributed by atoms with Crippen LogP contribution in [0.2, 0.25) is 5.02 Å². The zero-order valence-corrected chi connectivity index (χ0v) is 12.0. The van der Waals surface area contributed by atoms with E-state index < -0.39 is 11.7 Å². The van der Waals surface area contributed by atoms with E-state index in [-0.39, 0.29) is 0 Å². The van der Waals surface area contributed by atoms with Gasteiger partial charge in [-0.15, -0.1) is 0 Å². The minimum absolute atomic E-state index is 0.433. The summed E-state index contributed by atoms with van der Waals surface area (Å²) in [5.74, 6) is 5.78. The number of hydrogen-bond donors (Lipinski definition) is 1. The summed E-state index contributed by atoms with van der Waals surface area (Å²) >= 11 is 5.81. The SMILES string of the molecule is CC(C)(C)OC(=O)NCCC#Cc1cc(Cl)ccn1. The third-order valence-corrected chi connectivity index (χ3v) is 2.09. The highest BCUT2D eigenvalue weighted by atomic mass is 35.5. The number of aromatic nitrogens is 1. The second-order valence-electron chi connectivity index (χ2n) is 4.84. The zero-order chi connectivity index (χ0) is 14.3. The van der Waals surface area contributed by atoms with Crippen LogP contribution in [0.15, 0.2) is 18.3 Å². The second kappa shape index (κ2) is 7.01. The third kappa shape index (κ3) is 7.32. The molecular weight excluding hydrogens is 264 g/mol. The number of amides is 1. The molecule has 1 N–H and O–H groups in total. The van der Waals surface area contributed by atoms with Gasteiger partial charge in [0.05, 0.1) is 0 Å². The maximum Gasteiger partial charge on any atom is 0.407 e. The third-order valence-electron chi connectivity index (χ3n) is 1.86. The zero-order valence-electron chi connectivity index (χ0n) is 11.3. The lowest BCUT2D eigenvalue weighted by Crippen LogP contribution is -2.32. The molecule has 0 aromatic carbocycles. The molecule has 1 aromatic heterocycles. The molecule has 1 aromatic rings. The van der Waals surface area contributed by atoms with Gasteiger partial charge in [0.2, 0.25) is 0 Å². The van der Waals surface area contributed by atoms with Crippen molar-refractivity contribution in [2.24, 2.45) is 0 Å². The number of carbonyl (C=O) groups is 1. The lowest BCUT2D eigenvalue weighted by atomic mass is 10.2. The molecule has 4 nitrogen and oxygen atoms in total. The molecule has 0 atom stereocenters. The topological polar surface area (TPSA) is 51.2 Å². The van der Waals surface area contributed by atoms with E-state index in [0.29, 0.717) is 23.7 Å². The minimum atomic E-state index is -0.486. The Morgan fingerprint density at radius 3 is 2.89 bits per heavy atom. The van der Waals surface area contributed by atoms with E-state index in [2.05, 4.69) is 22.1 Å². The van der Waals surface area contributed by atoms with E-state index in [0.717, 1.165) is 0 Å². The van der Waals surface area contributed by atoms with Gasteiger partial charge in [-0.3, -0.25) is 0 Å². The monoisotopic (exact) mass is 280 g/mol. The Bertz CT molecular complexity index is 498. The predicted octanol–water partition coefficient (Wildman–Crippen LogP) is 3.00. The number of hydrogen-bond acceptors (Lipinski definition) is 3. The fourth-order valence-corrected chi connectivity index (χ4v) is 1.33. The Kier molecular flexibility index (Phi) is 5.65. The summed E-state index contributed by atoms with van der Waals surface area (Å²) < 4.78 is 5.09. The molecule has 1 rings (SSSR count). The number of nitrogens with one attached hydrogen (secondary N) is 1. The number of rotatable bonds is 2. The van der Waals surface area contributed by atoms with Crippen LogP contribution >= 0.6 is 11.6 Å². The molecule has 0 aliphatic heterocycles. The molecule has 19 heavy (non-hydrogen) atoms. The van der Waals surface area contributed by atoms with Gasteiger partial charge < -0.3 is 10.1 Å². The van der Waals surface area contributed by atoms with Crippen molar-refractivity contribution >= 4 is 17.7 Å². The first-order valence-electron chi connectivity index (χ1n) is 5.94. The lowest BCUT2D eigenvalue weighted by Gasteiger charge is -2.19. The van der Waals surface area contributed by atoms with Crippen LogP contribution in [0.1, 0.15) is 32.9 Å². The van der Waals surface area contributed by atoms with E-state index in [4.69, 9.17) is 16.3 Å². The van der Waals surface area contributed by atoms with Crippen molar-refractivity contribution in [2.45, 2.75) is 32.8 Å². The molecule has 0 aliphatic carbocycles. The molecule has 0 radical (unpaired) electrons. The molecule has 0 saturated carbocycles. The number of carbonyl (C=O) groups excluding carboxylic acids is 1. The molecule has 5 heteroatoms. The Morgan fingerprint density at radius 2 is 2.26 bits per heavy atom. The minimum Gasteiger partial charge on any atom is -0.444 e. The van der Waals surface area contributed by atoms with Crippen LogP contribution in [0.5, 0.6) is 0 Å². The van der Waals surface area contributed by atoms with Crippen molar-refractivity contribution in [1.82, 2.24) is 10.3 Å². The summed E-state index contributed by atoms with van der Waals surface area (Å²) in [6.45, 7) is 5.88. The molecule has 0 saturated heterocycles.